The number of nitriles is 1. The molecule has 0 bridgehead atoms. The number of benzene rings is 3. The molecule has 0 aliphatic carbocycles. The molecular formula is C31H28N6O2S. The fourth-order valence-corrected chi connectivity index (χ4v) is 4.95. The third kappa shape index (κ3) is 6.89. The Kier molecular flexibility index (Phi) is 8.77. The van der Waals surface area contributed by atoms with E-state index in [1.807, 2.05) is 36.4 Å². The van der Waals surface area contributed by atoms with Gasteiger partial charge in [-0.15, -0.1) is 6.42 Å². The predicted octanol–water partition coefficient (Wildman–Crippen LogP) is 5.60. The van der Waals surface area contributed by atoms with Gasteiger partial charge in [0.2, 0.25) is 0 Å². The molecule has 1 amide bonds. The van der Waals surface area contributed by atoms with Crippen LogP contribution in [-0.4, -0.2) is 41.3 Å². The van der Waals surface area contributed by atoms with E-state index in [0.717, 1.165) is 49.4 Å². The molecule has 5 rings (SSSR count). The van der Waals surface area contributed by atoms with Gasteiger partial charge in [-0.1, -0.05) is 23.7 Å². The minimum atomic E-state index is -0.312. The molecule has 200 valence electrons. The van der Waals surface area contributed by atoms with Crippen LogP contribution < -0.4 is 20.7 Å². The third-order valence-corrected chi connectivity index (χ3v) is 7.28. The highest BCUT2D eigenvalue weighted by Crippen LogP contribution is 2.30. The number of piperidine rings is 1. The molecule has 1 aromatic heterocycles. The van der Waals surface area contributed by atoms with Gasteiger partial charge in [0, 0.05) is 22.3 Å². The van der Waals surface area contributed by atoms with Crippen LogP contribution in [0.3, 0.4) is 0 Å². The molecule has 3 N–H and O–H groups in total. The molecule has 0 atom stereocenters. The van der Waals surface area contributed by atoms with Crippen molar-refractivity contribution in [2.24, 2.45) is 5.92 Å². The molecule has 0 spiro atoms. The lowest BCUT2D eigenvalue weighted by Gasteiger charge is -2.22. The Labute approximate surface area is 237 Å². The predicted molar refractivity (Wildman–Crippen MR) is 159 cm³/mol. The molecule has 1 saturated heterocycles. The normalized spacial score (nSPS) is 13.2. The summed E-state index contributed by atoms with van der Waals surface area (Å²) in [5.74, 6) is 4.74. The molecule has 1 aliphatic heterocycles. The van der Waals surface area contributed by atoms with Gasteiger partial charge < -0.3 is 20.7 Å². The van der Waals surface area contributed by atoms with Crippen molar-refractivity contribution in [2.75, 3.05) is 36.1 Å². The summed E-state index contributed by atoms with van der Waals surface area (Å²) >= 11 is 1.38. The summed E-state index contributed by atoms with van der Waals surface area (Å²) in [6.07, 6.45) is 7.72. The van der Waals surface area contributed by atoms with E-state index in [4.69, 9.17) is 21.4 Å². The Bertz CT molecular complexity index is 1590. The second kappa shape index (κ2) is 13.0. The lowest BCUT2D eigenvalue weighted by molar-refractivity contribution is 0.102. The Morgan fingerprint density at radius 2 is 1.88 bits per heavy atom. The van der Waals surface area contributed by atoms with Crippen molar-refractivity contribution in [1.29, 1.82) is 5.26 Å². The summed E-state index contributed by atoms with van der Waals surface area (Å²) in [7, 11) is 0. The lowest BCUT2D eigenvalue weighted by Crippen LogP contribution is -2.30. The number of carbonyl (C=O) groups excluding carboxylic acids is 1. The molecule has 40 heavy (non-hydrogen) atoms. The number of aromatic nitrogens is 2. The van der Waals surface area contributed by atoms with Crippen molar-refractivity contribution in [2.45, 2.75) is 18.0 Å². The lowest BCUT2D eigenvalue weighted by atomic mass is 9.99. The standard InChI is InChI=1S/C31H28N6O2S/c1-2-16-40-31-36-28-11-8-25(35-30(38)23-5-3-4-22(17-23)19-32)18-27(28)29(37-31)34-24-6-9-26(10-7-24)39-20-21-12-14-33-15-13-21/h1,3-11,17-18,21,33H,12-16,20H2,(H,35,38)(H,34,36,37). The number of hydrogen-bond donors (Lipinski definition) is 3. The zero-order valence-corrected chi connectivity index (χ0v) is 22.6. The van der Waals surface area contributed by atoms with Gasteiger partial charge in [0.25, 0.3) is 5.91 Å². The smallest absolute Gasteiger partial charge is 0.255 e. The molecule has 3 aromatic carbocycles. The Morgan fingerprint density at radius 3 is 2.65 bits per heavy atom. The third-order valence-electron chi connectivity index (χ3n) is 6.53. The number of fused-ring (bicyclic) bond motifs is 1. The second-order valence-corrected chi connectivity index (χ2v) is 10.3. The van der Waals surface area contributed by atoms with Gasteiger partial charge in [0.1, 0.15) is 11.6 Å². The average molecular weight is 549 g/mol. The maximum Gasteiger partial charge on any atom is 0.255 e. The van der Waals surface area contributed by atoms with E-state index in [1.165, 1.54) is 11.8 Å². The molecule has 1 aliphatic rings. The first-order valence-electron chi connectivity index (χ1n) is 13.0. The summed E-state index contributed by atoms with van der Waals surface area (Å²) < 4.78 is 6.03. The molecule has 0 unspecified atom stereocenters. The highest BCUT2D eigenvalue weighted by Gasteiger charge is 2.15. The van der Waals surface area contributed by atoms with E-state index in [0.29, 0.717) is 45.0 Å². The minimum absolute atomic E-state index is 0.312. The van der Waals surface area contributed by atoms with Crippen LogP contribution in [0.4, 0.5) is 17.2 Å². The molecule has 8 nitrogen and oxygen atoms in total. The van der Waals surface area contributed by atoms with Crippen LogP contribution in [0.15, 0.2) is 71.9 Å². The van der Waals surface area contributed by atoms with Gasteiger partial charge in [-0.2, -0.15) is 5.26 Å². The van der Waals surface area contributed by atoms with E-state index in [1.54, 1.807) is 30.3 Å². The summed E-state index contributed by atoms with van der Waals surface area (Å²) in [6, 6.07) is 21.9. The van der Waals surface area contributed by atoms with Crippen LogP contribution in [0.2, 0.25) is 0 Å². The monoisotopic (exact) mass is 548 g/mol. The number of amides is 1. The van der Waals surface area contributed by atoms with E-state index >= 15 is 0 Å². The van der Waals surface area contributed by atoms with Crippen molar-refractivity contribution in [1.82, 2.24) is 15.3 Å². The Morgan fingerprint density at radius 1 is 1.07 bits per heavy atom. The quantitative estimate of drug-likeness (QED) is 0.141. The van der Waals surface area contributed by atoms with Crippen LogP contribution in [0, 0.1) is 29.6 Å². The first-order chi connectivity index (χ1) is 19.6. The fourth-order valence-electron chi connectivity index (χ4n) is 4.42. The topological polar surface area (TPSA) is 112 Å². The van der Waals surface area contributed by atoms with Gasteiger partial charge in [0.15, 0.2) is 5.16 Å². The van der Waals surface area contributed by atoms with E-state index < -0.39 is 0 Å². The second-order valence-electron chi connectivity index (χ2n) is 9.38. The van der Waals surface area contributed by atoms with E-state index in [2.05, 4.69) is 32.9 Å². The number of ether oxygens (including phenoxy) is 1. The number of hydrogen-bond acceptors (Lipinski definition) is 8. The zero-order valence-electron chi connectivity index (χ0n) is 21.8. The van der Waals surface area contributed by atoms with Crippen LogP contribution in [0.1, 0.15) is 28.8 Å². The van der Waals surface area contributed by atoms with E-state index in [9.17, 15) is 4.79 Å². The van der Waals surface area contributed by atoms with Crippen LogP contribution >= 0.6 is 11.8 Å². The van der Waals surface area contributed by atoms with E-state index in [-0.39, 0.29) is 5.91 Å². The average Bonchev–Trinajstić information content (AvgIpc) is 3.00. The number of rotatable bonds is 9. The van der Waals surface area contributed by atoms with Crippen molar-refractivity contribution >= 4 is 45.8 Å². The summed E-state index contributed by atoms with van der Waals surface area (Å²) in [6.45, 7) is 2.81. The molecule has 1 fully saturated rings. The maximum absolute atomic E-state index is 12.8. The molecule has 4 aromatic rings. The van der Waals surface area contributed by atoms with Gasteiger partial charge in [-0.05, 0) is 92.5 Å². The molecule has 0 saturated carbocycles. The first kappa shape index (κ1) is 27.0. The summed E-state index contributed by atoms with van der Waals surface area (Å²) in [5, 5.41) is 20.1. The minimum Gasteiger partial charge on any atom is -0.493 e. The number of terminal acetylenes is 1. The van der Waals surface area contributed by atoms with Crippen molar-refractivity contribution in [3.05, 3.63) is 77.9 Å². The largest absolute Gasteiger partial charge is 0.493 e. The number of thioether (sulfide) groups is 1. The van der Waals surface area contributed by atoms with Crippen LogP contribution in [0.25, 0.3) is 10.9 Å². The maximum atomic E-state index is 12.8. The highest BCUT2D eigenvalue weighted by atomic mass is 32.2. The molecule has 2 heterocycles. The van der Waals surface area contributed by atoms with Crippen molar-refractivity contribution < 1.29 is 9.53 Å². The van der Waals surface area contributed by atoms with Gasteiger partial charge in [-0.3, -0.25) is 4.79 Å². The SMILES string of the molecule is C#CCSc1nc(Nc2ccc(OCC3CCNCC3)cc2)c2cc(NC(=O)c3cccc(C#N)c3)ccc2n1. The van der Waals surface area contributed by atoms with Gasteiger partial charge >= 0.3 is 0 Å². The number of carbonyl (C=O) groups is 1. The van der Waals surface area contributed by atoms with Crippen LogP contribution in [-0.2, 0) is 0 Å². The highest BCUT2D eigenvalue weighted by molar-refractivity contribution is 7.99. The number of anilines is 3. The van der Waals surface area contributed by atoms with Gasteiger partial charge in [-0.25, -0.2) is 9.97 Å². The first-order valence-corrected chi connectivity index (χ1v) is 14.0. The molecular weight excluding hydrogens is 520 g/mol. The zero-order chi connectivity index (χ0) is 27.7. The Balaban J connectivity index is 1.36. The number of nitrogens with one attached hydrogen (secondary N) is 3. The summed E-state index contributed by atoms with van der Waals surface area (Å²) in [4.78, 5) is 22.2. The Hall–Kier alpha value is -4.57. The fraction of sp³-hybridized carbons (Fsp3) is 0.226. The summed E-state index contributed by atoms with van der Waals surface area (Å²) in [5.41, 5.74) is 2.95. The molecule has 9 heteroatoms. The van der Waals surface area contributed by atoms with Gasteiger partial charge in [0.05, 0.1) is 29.5 Å². The van der Waals surface area contributed by atoms with Crippen molar-refractivity contribution in [3.63, 3.8) is 0 Å². The number of nitrogens with zero attached hydrogens (tertiary/aromatic N) is 3. The van der Waals surface area contributed by atoms with Crippen LogP contribution in [0.5, 0.6) is 5.75 Å². The molecule has 0 radical (unpaired) electrons. The van der Waals surface area contributed by atoms with Crippen molar-refractivity contribution in [3.8, 4) is 24.2 Å².